The Morgan fingerprint density at radius 3 is 2.44 bits per heavy atom. The Balaban J connectivity index is 2.52. The van der Waals surface area contributed by atoms with Gasteiger partial charge >= 0.3 is 0 Å². The van der Waals surface area contributed by atoms with Crippen LogP contribution in [0.1, 0.15) is 37.2 Å². The molecular formula is C11H13FO3S. The van der Waals surface area contributed by atoms with Gasteiger partial charge in [0.2, 0.25) is 0 Å². The number of benzene rings is 1. The van der Waals surface area contributed by atoms with Crippen LogP contribution in [-0.2, 0) is 10.1 Å². The molecule has 1 aliphatic carbocycles. The fourth-order valence-corrected chi connectivity index (χ4v) is 3.07. The molecule has 1 fully saturated rings. The minimum absolute atomic E-state index is 0.0487. The maximum Gasteiger partial charge on any atom is 0.294 e. The van der Waals surface area contributed by atoms with Crippen LogP contribution in [0.4, 0.5) is 4.39 Å². The quantitative estimate of drug-likeness (QED) is 0.814. The van der Waals surface area contributed by atoms with Gasteiger partial charge in [-0.3, -0.25) is 4.55 Å². The molecule has 88 valence electrons. The van der Waals surface area contributed by atoms with E-state index in [1.54, 1.807) is 0 Å². The summed E-state index contributed by atoms with van der Waals surface area (Å²) in [6.07, 6.45) is 3.75. The largest absolute Gasteiger partial charge is 0.294 e. The van der Waals surface area contributed by atoms with E-state index in [1.165, 1.54) is 6.07 Å². The maximum atomic E-state index is 13.1. The van der Waals surface area contributed by atoms with Crippen molar-refractivity contribution in [2.45, 2.75) is 36.5 Å². The van der Waals surface area contributed by atoms with Crippen LogP contribution in [0.25, 0.3) is 0 Å². The maximum absolute atomic E-state index is 13.1. The zero-order valence-electron chi connectivity index (χ0n) is 8.69. The van der Waals surface area contributed by atoms with Gasteiger partial charge in [-0.2, -0.15) is 8.42 Å². The molecule has 1 saturated carbocycles. The second-order valence-corrected chi connectivity index (χ2v) is 5.53. The molecule has 1 aromatic rings. The number of halogens is 1. The average molecular weight is 244 g/mol. The van der Waals surface area contributed by atoms with Gasteiger partial charge in [-0.1, -0.05) is 12.8 Å². The molecule has 0 amide bonds. The van der Waals surface area contributed by atoms with E-state index in [4.69, 9.17) is 4.55 Å². The summed E-state index contributed by atoms with van der Waals surface area (Å²) in [4.78, 5) is -0.152. The summed E-state index contributed by atoms with van der Waals surface area (Å²) in [5, 5.41) is 0. The van der Waals surface area contributed by atoms with Gasteiger partial charge in [-0.15, -0.1) is 0 Å². The molecule has 0 heterocycles. The summed E-state index contributed by atoms with van der Waals surface area (Å²) in [5.74, 6) is -0.415. The second kappa shape index (κ2) is 4.14. The molecule has 0 saturated heterocycles. The molecular weight excluding hydrogens is 231 g/mol. The van der Waals surface area contributed by atoms with Crippen LogP contribution in [-0.4, -0.2) is 13.0 Å². The first-order valence-electron chi connectivity index (χ1n) is 5.25. The first kappa shape index (κ1) is 11.5. The van der Waals surface area contributed by atoms with Crippen LogP contribution in [0.2, 0.25) is 0 Å². The number of hydrogen-bond acceptors (Lipinski definition) is 2. The lowest BCUT2D eigenvalue weighted by Crippen LogP contribution is -2.06. The molecule has 5 heteroatoms. The lowest BCUT2D eigenvalue weighted by atomic mass is 9.98. The van der Waals surface area contributed by atoms with Gasteiger partial charge in [0.05, 0.1) is 4.90 Å². The molecule has 0 atom stereocenters. The van der Waals surface area contributed by atoms with Gasteiger partial charge in [0.25, 0.3) is 10.1 Å². The normalized spacial score (nSPS) is 17.9. The highest BCUT2D eigenvalue weighted by atomic mass is 32.2. The lowest BCUT2D eigenvalue weighted by molar-refractivity contribution is 0.480. The Labute approximate surface area is 94.0 Å². The first-order chi connectivity index (χ1) is 7.48. The Hall–Kier alpha value is -0.940. The monoisotopic (exact) mass is 244 g/mol. The van der Waals surface area contributed by atoms with Crippen LogP contribution >= 0.6 is 0 Å². The molecule has 1 aromatic carbocycles. The molecule has 0 radical (unpaired) electrons. The van der Waals surface area contributed by atoms with E-state index in [1.807, 2.05) is 0 Å². The molecule has 3 nitrogen and oxygen atoms in total. The van der Waals surface area contributed by atoms with Crippen molar-refractivity contribution in [1.29, 1.82) is 0 Å². The summed E-state index contributed by atoms with van der Waals surface area (Å²) in [6, 6.07) is 3.42. The topological polar surface area (TPSA) is 54.4 Å². The van der Waals surface area contributed by atoms with Crippen LogP contribution in [0.15, 0.2) is 23.1 Å². The van der Waals surface area contributed by atoms with Crippen molar-refractivity contribution in [3.8, 4) is 0 Å². The summed E-state index contributed by atoms with van der Waals surface area (Å²) in [6.45, 7) is 0. The third kappa shape index (κ3) is 2.25. The highest BCUT2D eigenvalue weighted by Crippen LogP contribution is 2.37. The van der Waals surface area contributed by atoms with E-state index >= 15 is 0 Å². The van der Waals surface area contributed by atoms with Crippen molar-refractivity contribution in [1.82, 2.24) is 0 Å². The SMILES string of the molecule is O=S(=O)(O)c1ccc(F)cc1C1CCCC1. The predicted molar refractivity (Wildman–Crippen MR) is 57.4 cm³/mol. The standard InChI is InChI=1S/C11H13FO3S/c12-9-5-6-11(16(13,14)15)10(7-9)8-3-1-2-4-8/h5-8H,1-4H2,(H,13,14,15). The highest BCUT2D eigenvalue weighted by molar-refractivity contribution is 7.85. The van der Waals surface area contributed by atoms with Crippen molar-refractivity contribution in [2.75, 3.05) is 0 Å². The zero-order valence-corrected chi connectivity index (χ0v) is 9.50. The van der Waals surface area contributed by atoms with Gasteiger partial charge in [0, 0.05) is 0 Å². The minimum Gasteiger partial charge on any atom is -0.282 e. The number of rotatable bonds is 2. The fraction of sp³-hybridized carbons (Fsp3) is 0.455. The first-order valence-corrected chi connectivity index (χ1v) is 6.69. The van der Waals surface area contributed by atoms with Gasteiger partial charge in [-0.05, 0) is 42.5 Å². The van der Waals surface area contributed by atoms with Crippen LogP contribution in [0, 0.1) is 5.82 Å². The lowest BCUT2D eigenvalue weighted by Gasteiger charge is -2.13. The van der Waals surface area contributed by atoms with Gasteiger partial charge in [0.1, 0.15) is 5.82 Å². The van der Waals surface area contributed by atoms with Crippen molar-refractivity contribution >= 4 is 10.1 Å². The summed E-state index contributed by atoms with van der Waals surface area (Å²) >= 11 is 0. The summed E-state index contributed by atoms with van der Waals surface area (Å²) in [7, 11) is -4.25. The van der Waals surface area contributed by atoms with Gasteiger partial charge < -0.3 is 0 Å². The molecule has 1 N–H and O–H groups in total. The van der Waals surface area contributed by atoms with Gasteiger partial charge in [0.15, 0.2) is 0 Å². The molecule has 0 bridgehead atoms. The minimum atomic E-state index is -4.25. The van der Waals surface area contributed by atoms with E-state index in [9.17, 15) is 12.8 Å². The molecule has 1 aliphatic rings. The Morgan fingerprint density at radius 1 is 1.25 bits per heavy atom. The van der Waals surface area contributed by atoms with E-state index < -0.39 is 15.9 Å². The van der Waals surface area contributed by atoms with E-state index in [0.29, 0.717) is 5.56 Å². The van der Waals surface area contributed by atoms with Gasteiger partial charge in [-0.25, -0.2) is 4.39 Å². The van der Waals surface area contributed by atoms with E-state index in [-0.39, 0.29) is 10.8 Å². The van der Waals surface area contributed by atoms with Crippen LogP contribution in [0.5, 0.6) is 0 Å². The molecule has 16 heavy (non-hydrogen) atoms. The highest BCUT2D eigenvalue weighted by Gasteiger charge is 2.25. The molecule has 0 unspecified atom stereocenters. The summed E-state index contributed by atoms with van der Waals surface area (Å²) < 4.78 is 44.5. The Bertz CT molecular complexity index is 490. The molecule has 0 aromatic heterocycles. The molecule has 0 aliphatic heterocycles. The van der Waals surface area contributed by atoms with E-state index in [2.05, 4.69) is 0 Å². The van der Waals surface area contributed by atoms with Crippen molar-refractivity contribution in [3.63, 3.8) is 0 Å². The van der Waals surface area contributed by atoms with Crippen molar-refractivity contribution in [3.05, 3.63) is 29.6 Å². The molecule has 2 rings (SSSR count). The predicted octanol–water partition coefficient (Wildman–Crippen LogP) is 2.73. The zero-order chi connectivity index (χ0) is 11.8. The Kier molecular flexibility index (Phi) is 2.99. The van der Waals surface area contributed by atoms with Crippen molar-refractivity contribution in [2.24, 2.45) is 0 Å². The number of hydrogen-bond donors (Lipinski definition) is 1. The van der Waals surface area contributed by atoms with E-state index in [0.717, 1.165) is 37.8 Å². The molecule has 0 spiro atoms. The Morgan fingerprint density at radius 2 is 1.88 bits per heavy atom. The average Bonchev–Trinajstić information content (AvgIpc) is 2.68. The summed E-state index contributed by atoms with van der Waals surface area (Å²) in [5.41, 5.74) is 0.417. The van der Waals surface area contributed by atoms with Crippen LogP contribution in [0.3, 0.4) is 0 Å². The van der Waals surface area contributed by atoms with Crippen molar-refractivity contribution < 1.29 is 17.4 Å². The fourth-order valence-electron chi connectivity index (χ4n) is 2.31. The third-order valence-corrected chi connectivity index (χ3v) is 3.97. The second-order valence-electron chi connectivity index (χ2n) is 4.14. The smallest absolute Gasteiger partial charge is 0.282 e. The van der Waals surface area contributed by atoms with Crippen LogP contribution < -0.4 is 0 Å². The third-order valence-electron chi connectivity index (χ3n) is 3.04.